The Kier molecular flexibility index (Phi) is 4.45. The van der Waals surface area contributed by atoms with E-state index >= 15 is 0 Å². The Hall–Kier alpha value is -1.17. The minimum atomic E-state index is -0.678. The van der Waals surface area contributed by atoms with Gasteiger partial charge in [-0.2, -0.15) is 0 Å². The van der Waals surface area contributed by atoms with E-state index in [1.54, 1.807) is 0 Å². The van der Waals surface area contributed by atoms with Crippen molar-refractivity contribution >= 4 is 29.0 Å². The predicted molar refractivity (Wildman–Crippen MR) is 69.4 cm³/mol. The van der Waals surface area contributed by atoms with Crippen LogP contribution in [0, 0.1) is 5.41 Å². The minimum absolute atomic E-state index is 0.0533. The van der Waals surface area contributed by atoms with Crippen LogP contribution in [0.1, 0.15) is 33.1 Å². The molecule has 1 aliphatic carbocycles. The molecule has 0 aliphatic heterocycles. The van der Waals surface area contributed by atoms with E-state index in [0.29, 0.717) is 0 Å². The molecule has 4 N–H and O–H groups in total. The Morgan fingerprint density at radius 1 is 1.41 bits per heavy atom. The average Bonchev–Trinajstić information content (AvgIpc) is 2.54. The van der Waals surface area contributed by atoms with Gasteiger partial charge in [0.25, 0.3) is 0 Å². The number of hydrogen-bond donors (Lipinski definition) is 3. The van der Waals surface area contributed by atoms with Gasteiger partial charge in [-0.1, -0.05) is 26.1 Å². The normalized spacial score (nSPS) is 21.9. The van der Waals surface area contributed by atoms with Crippen LogP contribution in [0.25, 0.3) is 0 Å². The molecule has 96 valence electrons. The maximum atomic E-state index is 11.5. The molecule has 0 aromatic rings. The summed E-state index contributed by atoms with van der Waals surface area (Å²) in [6, 6.07) is 0.0908. The van der Waals surface area contributed by atoms with E-state index in [0.717, 1.165) is 19.3 Å². The van der Waals surface area contributed by atoms with Crippen molar-refractivity contribution < 1.29 is 9.59 Å². The number of carbonyl (C=O) groups is 2. The smallest absolute Gasteiger partial charge is 0.309 e. The number of thiocarbonyl (C=S) groups is 1. The van der Waals surface area contributed by atoms with Gasteiger partial charge in [0.2, 0.25) is 0 Å². The molecule has 0 aromatic carbocycles. The molecule has 1 fully saturated rings. The van der Waals surface area contributed by atoms with Crippen LogP contribution in [0.15, 0.2) is 0 Å². The van der Waals surface area contributed by atoms with Crippen molar-refractivity contribution in [2.24, 2.45) is 11.1 Å². The second-order valence-electron chi connectivity index (χ2n) is 5.23. The van der Waals surface area contributed by atoms with Gasteiger partial charge in [-0.25, -0.2) is 0 Å². The van der Waals surface area contributed by atoms with Crippen LogP contribution in [0.3, 0.4) is 0 Å². The Bertz CT molecular complexity index is 342. The molecule has 2 amide bonds. The molecule has 1 rings (SSSR count). The van der Waals surface area contributed by atoms with Crippen molar-refractivity contribution in [1.29, 1.82) is 0 Å². The Morgan fingerprint density at radius 3 is 2.53 bits per heavy atom. The molecule has 0 spiro atoms. The molecule has 17 heavy (non-hydrogen) atoms. The lowest BCUT2D eigenvalue weighted by atomic mass is 9.92. The third-order valence-electron chi connectivity index (χ3n) is 2.93. The first-order chi connectivity index (χ1) is 7.80. The third kappa shape index (κ3) is 4.68. The SMILES string of the molecule is CC1(C)CCC(NC(=O)C(=O)NCC(N)=S)C1. The van der Waals surface area contributed by atoms with Crippen molar-refractivity contribution in [1.82, 2.24) is 10.6 Å². The van der Waals surface area contributed by atoms with Crippen molar-refractivity contribution in [2.45, 2.75) is 39.2 Å². The van der Waals surface area contributed by atoms with Crippen LogP contribution < -0.4 is 16.4 Å². The number of nitrogens with one attached hydrogen (secondary N) is 2. The van der Waals surface area contributed by atoms with E-state index in [2.05, 4.69) is 36.7 Å². The summed E-state index contributed by atoms with van der Waals surface area (Å²) in [5.74, 6) is -1.29. The highest BCUT2D eigenvalue weighted by Crippen LogP contribution is 2.36. The van der Waals surface area contributed by atoms with Crippen LogP contribution in [-0.4, -0.2) is 29.4 Å². The highest BCUT2D eigenvalue weighted by Gasteiger charge is 2.32. The summed E-state index contributed by atoms with van der Waals surface area (Å²) in [5, 5.41) is 5.08. The van der Waals surface area contributed by atoms with Crippen LogP contribution in [0.4, 0.5) is 0 Å². The second-order valence-corrected chi connectivity index (χ2v) is 5.75. The molecule has 0 aromatic heterocycles. The molecule has 5 nitrogen and oxygen atoms in total. The first-order valence-corrected chi connectivity index (χ1v) is 6.08. The third-order valence-corrected chi connectivity index (χ3v) is 3.08. The fourth-order valence-corrected chi connectivity index (χ4v) is 2.13. The molecular formula is C11H19N3O2S. The van der Waals surface area contributed by atoms with Gasteiger partial charge in [0.1, 0.15) is 0 Å². The van der Waals surface area contributed by atoms with E-state index in [9.17, 15) is 9.59 Å². The van der Waals surface area contributed by atoms with Crippen molar-refractivity contribution in [3.05, 3.63) is 0 Å². The molecule has 1 saturated carbocycles. The zero-order valence-electron chi connectivity index (χ0n) is 10.2. The number of nitrogens with two attached hydrogens (primary N) is 1. The molecular weight excluding hydrogens is 238 g/mol. The lowest BCUT2D eigenvalue weighted by molar-refractivity contribution is -0.139. The molecule has 1 aliphatic rings. The maximum Gasteiger partial charge on any atom is 0.309 e. The molecule has 6 heteroatoms. The van der Waals surface area contributed by atoms with Gasteiger partial charge in [-0.15, -0.1) is 0 Å². The monoisotopic (exact) mass is 257 g/mol. The van der Waals surface area contributed by atoms with E-state index in [1.807, 2.05) is 0 Å². The molecule has 0 heterocycles. The zero-order valence-corrected chi connectivity index (χ0v) is 11.0. The molecule has 1 atom stereocenters. The largest absolute Gasteiger partial charge is 0.392 e. The van der Waals surface area contributed by atoms with Gasteiger partial charge in [0.15, 0.2) is 0 Å². The van der Waals surface area contributed by atoms with Gasteiger partial charge < -0.3 is 16.4 Å². The fourth-order valence-electron chi connectivity index (χ4n) is 2.06. The van der Waals surface area contributed by atoms with E-state index < -0.39 is 11.8 Å². The predicted octanol–water partition coefficient (Wildman–Crippen LogP) is 0.0836. The van der Waals surface area contributed by atoms with Gasteiger partial charge in [-0.3, -0.25) is 9.59 Å². The Labute approximate surface area is 107 Å². The standard InChI is InChI=1S/C11H19N3O2S/c1-11(2)4-3-7(5-11)14-10(16)9(15)13-6-8(12)17/h7H,3-6H2,1-2H3,(H2,12,17)(H,13,15)(H,14,16). The fraction of sp³-hybridized carbons (Fsp3) is 0.727. The van der Waals surface area contributed by atoms with Crippen LogP contribution >= 0.6 is 12.2 Å². The average molecular weight is 257 g/mol. The zero-order chi connectivity index (χ0) is 13.1. The summed E-state index contributed by atoms with van der Waals surface area (Å²) in [6.45, 7) is 4.37. The topological polar surface area (TPSA) is 84.2 Å². The van der Waals surface area contributed by atoms with Crippen LogP contribution in [0.5, 0.6) is 0 Å². The van der Waals surface area contributed by atoms with Gasteiger partial charge in [0.05, 0.1) is 11.5 Å². The Morgan fingerprint density at radius 2 is 2.06 bits per heavy atom. The van der Waals surface area contributed by atoms with Gasteiger partial charge in [-0.05, 0) is 24.7 Å². The first kappa shape index (κ1) is 13.9. The van der Waals surface area contributed by atoms with E-state index in [1.165, 1.54) is 0 Å². The molecule has 0 radical (unpaired) electrons. The number of carbonyl (C=O) groups excluding carboxylic acids is 2. The number of hydrogen-bond acceptors (Lipinski definition) is 3. The quantitative estimate of drug-likeness (QED) is 0.494. The van der Waals surface area contributed by atoms with E-state index in [-0.39, 0.29) is 23.0 Å². The van der Waals surface area contributed by atoms with Gasteiger partial charge in [0, 0.05) is 6.04 Å². The summed E-state index contributed by atoms with van der Waals surface area (Å²) >= 11 is 4.61. The number of rotatable bonds is 3. The van der Waals surface area contributed by atoms with Crippen LogP contribution in [0.2, 0.25) is 0 Å². The molecule has 1 unspecified atom stereocenters. The van der Waals surface area contributed by atoms with Crippen molar-refractivity contribution in [3.63, 3.8) is 0 Å². The molecule has 0 bridgehead atoms. The summed E-state index contributed by atoms with van der Waals surface area (Å²) < 4.78 is 0. The highest BCUT2D eigenvalue weighted by molar-refractivity contribution is 7.80. The summed E-state index contributed by atoms with van der Waals surface area (Å²) in [5.41, 5.74) is 5.47. The van der Waals surface area contributed by atoms with Crippen molar-refractivity contribution in [3.8, 4) is 0 Å². The minimum Gasteiger partial charge on any atom is -0.392 e. The maximum absolute atomic E-state index is 11.5. The lowest BCUT2D eigenvalue weighted by Crippen LogP contribution is -2.45. The molecule has 0 saturated heterocycles. The second kappa shape index (κ2) is 5.44. The van der Waals surface area contributed by atoms with Crippen molar-refractivity contribution in [2.75, 3.05) is 6.54 Å². The van der Waals surface area contributed by atoms with Crippen LogP contribution in [-0.2, 0) is 9.59 Å². The van der Waals surface area contributed by atoms with E-state index in [4.69, 9.17) is 5.73 Å². The summed E-state index contributed by atoms with van der Waals surface area (Å²) in [7, 11) is 0. The van der Waals surface area contributed by atoms with Gasteiger partial charge >= 0.3 is 11.8 Å². The summed E-state index contributed by atoms with van der Waals surface area (Å²) in [6.07, 6.45) is 2.88. The number of amides is 2. The summed E-state index contributed by atoms with van der Waals surface area (Å²) in [4.78, 5) is 23.0. The first-order valence-electron chi connectivity index (χ1n) is 5.67. The Balaban J connectivity index is 2.34. The lowest BCUT2D eigenvalue weighted by Gasteiger charge is -2.17. The highest BCUT2D eigenvalue weighted by atomic mass is 32.1.